The Morgan fingerprint density at radius 1 is 1.27 bits per heavy atom. The van der Waals surface area contributed by atoms with Gasteiger partial charge in [-0.25, -0.2) is 0 Å². The normalized spacial score (nSPS) is 10.8. The Bertz CT molecular complexity index is 602. The summed E-state index contributed by atoms with van der Waals surface area (Å²) < 4.78 is 1.49. The van der Waals surface area contributed by atoms with Crippen LogP contribution in [0.25, 0.3) is 10.9 Å². The summed E-state index contributed by atoms with van der Waals surface area (Å²) in [6.07, 6.45) is 0. The predicted octanol–water partition coefficient (Wildman–Crippen LogP) is 0.653. The van der Waals surface area contributed by atoms with E-state index in [0.29, 0.717) is 16.6 Å². The molecule has 0 spiro atoms. The molecule has 0 saturated heterocycles. The maximum Gasteiger partial charge on any atom is 0.210 e. The first kappa shape index (κ1) is 9.51. The van der Waals surface area contributed by atoms with Gasteiger partial charge < -0.3 is 10.2 Å². The van der Waals surface area contributed by atoms with E-state index >= 15 is 0 Å². The van der Waals surface area contributed by atoms with Gasteiger partial charge in [0.05, 0.1) is 10.9 Å². The van der Waals surface area contributed by atoms with Crippen LogP contribution in [0.3, 0.4) is 0 Å². The summed E-state index contributed by atoms with van der Waals surface area (Å²) in [5, 5.41) is 22.9. The van der Waals surface area contributed by atoms with Gasteiger partial charge in [-0.2, -0.15) is 5.10 Å². The molecule has 78 valence electrons. The number of aromatic hydroxyl groups is 2. The Kier molecular flexibility index (Phi) is 1.89. The van der Waals surface area contributed by atoms with Crippen molar-refractivity contribution in [3.05, 3.63) is 28.0 Å². The Balaban J connectivity index is 3.04. The van der Waals surface area contributed by atoms with E-state index < -0.39 is 0 Å². The molecule has 0 radical (unpaired) electrons. The zero-order valence-electron chi connectivity index (χ0n) is 8.35. The van der Waals surface area contributed by atoms with Gasteiger partial charge in [-0.3, -0.25) is 9.48 Å². The lowest BCUT2D eigenvalue weighted by Crippen LogP contribution is -2.14. The summed E-state index contributed by atoms with van der Waals surface area (Å²) >= 11 is 0. The molecule has 5 nitrogen and oxygen atoms in total. The molecule has 0 atom stereocenters. The summed E-state index contributed by atoms with van der Waals surface area (Å²) in [5.41, 5.74) is 0.606. The SMILES string of the molecule is Cc1nn(C)c2cc(O)c(O)cc2c1=O. The molecule has 1 aromatic heterocycles. The van der Waals surface area contributed by atoms with Crippen LogP contribution in [0.1, 0.15) is 5.69 Å². The lowest BCUT2D eigenvalue weighted by Gasteiger charge is -2.06. The van der Waals surface area contributed by atoms with Crippen molar-refractivity contribution in [3.8, 4) is 11.5 Å². The maximum atomic E-state index is 11.7. The zero-order valence-corrected chi connectivity index (χ0v) is 8.35. The third-order valence-electron chi connectivity index (χ3n) is 2.31. The Labute approximate surface area is 85.2 Å². The lowest BCUT2D eigenvalue weighted by molar-refractivity contribution is 0.404. The van der Waals surface area contributed by atoms with Crippen LogP contribution in [-0.4, -0.2) is 20.0 Å². The second-order valence-corrected chi connectivity index (χ2v) is 3.40. The number of hydrogen-bond donors (Lipinski definition) is 2. The van der Waals surface area contributed by atoms with E-state index in [2.05, 4.69) is 5.10 Å². The van der Waals surface area contributed by atoms with Gasteiger partial charge in [0.2, 0.25) is 5.43 Å². The van der Waals surface area contributed by atoms with Gasteiger partial charge in [0.1, 0.15) is 5.69 Å². The molecule has 2 N–H and O–H groups in total. The molecule has 0 bridgehead atoms. The van der Waals surface area contributed by atoms with Gasteiger partial charge in [-0.05, 0) is 13.0 Å². The van der Waals surface area contributed by atoms with Crippen LogP contribution in [0.4, 0.5) is 0 Å². The van der Waals surface area contributed by atoms with E-state index in [1.165, 1.54) is 16.8 Å². The van der Waals surface area contributed by atoms with Crippen molar-refractivity contribution in [2.45, 2.75) is 6.92 Å². The highest BCUT2D eigenvalue weighted by atomic mass is 16.3. The van der Waals surface area contributed by atoms with Gasteiger partial charge >= 0.3 is 0 Å². The second-order valence-electron chi connectivity index (χ2n) is 3.40. The molecule has 0 amide bonds. The van der Waals surface area contributed by atoms with Crippen LogP contribution >= 0.6 is 0 Å². The second kappa shape index (κ2) is 2.98. The quantitative estimate of drug-likeness (QED) is 0.621. The molecule has 2 aromatic rings. The average Bonchev–Trinajstić information content (AvgIpc) is 2.18. The number of rotatable bonds is 0. The molecular formula is C10H10N2O3. The lowest BCUT2D eigenvalue weighted by atomic mass is 10.2. The Morgan fingerprint density at radius 2 is 1.87 bits per heavy atom. The number of phenolic OH excluding ortho intramolecular Hbond substituents is 2. The average molecular weight is 206 g/mol. The topological polar surface area (TPSA) is 75.3 Å². The highest BCUT2D eigenvalue weighted by Crippen LogP contribution is 2.27. The molecule has 15 heavy (non-hydrogen) atoms. The number of fused-ring (bicyclic) bond motifs is 1. The van der Waals surface area contributed by atoms with Crippen molar-refractivity contribution in [1.29, 1.82) is 0 Å². The number of hydrogen-bond acceptors (Lipinski definition) is 4. The fraction of sp³-hybridized carbons (Fsp3) is 0.200. The number of nitrogens with zero attached hydrogens (tertiary/aromatic N) is 2. The fourth-order valence-corrected chi connectivity index (χ4v) is 1.53. The van der Waals surface area contributed by atoms with Crippen LogP contribution < -0.4 is 5.43 Å². The first-order chi connectivity index (χ1) is 7.00. The molecule has 0 fully saturated rings. The van der Waals surface area contributed by atoms with Gasteiger partial charge in [-0.15, -0.1) is 0 Å². The van der Waals surface area contributed by atoms with Gasteiger partial charge in [0.25, 0.3) is 0 Å². The molecule has 0 aliphatic heterocycles. The van der Waals surface area contributed by atoms with Crippen LogP contribution in [0.5, 0.6) is 11.5 Å². The standard InChI is InChI=1S/C10H10N2O3/c1-5-10(15)6-3-8(13)9(14)4-7(6)12(2)11-5/h3-4,13-14H,1-2H3. The molecule has 0 unspecified atom stereocenters. The predicted molar refractivity (Wildman–Crippen MR) is 55.1 cm³/mol. The van der Waals surface area contributed by atoms with Crippen LogP contribution in [-0.2, 0) is 7.05 Å². The van der Waals surface area contributed by atoms with Gasteiger partial charge in [0, 0.05) is 13.1 Å². The molecule has 2 rings (SSSR count). The van der Waals surface area contributed by atoms with Gasteiger partial charge in [-0.1, -0.05) is 0 Å². The van der Waals surface area contributed by atoms with Crippen molar-refractivity contribution >= 4 is 10.9 Å². The smallest absolute Gasteiger partial charge is 0.210 e. The van der Waals surface area contributed by atoms with Crippen molar-refractivity contribution in [1.82, 2.24) is 9.78 Å². The van der Waals surface area contributed by atoms with E-state index in [1.54, 1.807) is 14.0 Å². The highest BCUT2D eigenvalue weighted by molar-refractivity contribution is 5.82. The minimum atomic E-state index is -0.301. The summed E-state index contributed by atoms with van der Waals surface area (Å²) in [7, 11) is 1.67. The number of benzene rings is 1. The molecule has 1 aromatic carbocycles. The third-order valence-corrected chi connectivity index (χ3v) is 2.31. The number of phenols is 2. The van der Waals surface area contributed by atoms with Crippen molar-refractivity contribution in [2.24, 2.45) is 7.05 Å². The van der Waals surface area contributed by atoms with Crippen molar-refractivity contribution < 1.29 is 10.2 Å². The summed E-state index contributed by atoms with van der Waals surface area (Å²) in [6.45, 7) is 1.60. The monoisotopic (exact) mass is 206 g/mol. The minimum Gasteiger partial charge on any atom is -0.504 e. The van der Waals surface area contributed by atoms with Gasteiger partial charge in [0.15, 0.2) is 11.5 Å². The molecule has 1 heterocycles. The van der Waals surface area contributed by atoms with E-state index in [4.69, 9.17) is 0 Å². The summed E-state index contributed by atoms with van der Waals surface area (Å²) in [5.74, 6) is -0.562. The molecule has 0 saturated carbocycles. The number of aryl methyl sites for hydroxylation is 2. The molecule has 0 aliphatic carbocycles. The molecule has 5 heteroatoms. The Hall–Kier alpha value is -2.04. The highest BCUT2D eigenvalue weighted by Gasteiger charge is 2.09. The third kappa shape index (κ3) is 1.32. The minimum absolute atomic E-state index is 0.238. The van der Waals surface area contributed by atoms with E-state index in [9.17, 15) is 15.0 Å². The molecule has 0 aliphatic rings. The first-order valence-corrected chi connectivity index (χ1v) is 4.40. The van der Waals surface area contributed by atoms with Crippen molar-refractivity contribution in [2.75, 3.05) is 0 Å². The van der Waals surface area contributed by atoms with E-state index in [1.807, 2.05) is 0 Å². The largest absolute Gasteiger partial charge is 0.504 e. The summed E-state index contributed by atoms with van der Waals surface area (Å²) in [4.78, 5) is 11.7. The fourth-order valence-electron chi connectivity index (χ4n) is 1.53. The van der Waals surface area contributed by atoms with Crippen molar-refractivity contribution in [3.63, 3.8) is 0 Å². The summed E-state index contributed by atoms with van der Waals surface area (Å²) in [6, 6.07) is 2.57. The zero-order chi connectivity index (χ0) is 11.2. The molecular weight excluding hydrogens is 196 g/mol. The van der Waals surface area contributed by atoms with Crippen LogP contribution in [0.2, 0.25) is 0 Å². The first-order valence-electron chi connectivity index (χ1n) is 4.40. The van der Waals surface area contributed by atoms with E-state index in [-0.39, 0.29) is 16.9 Å². The van der Waals surface area contributed by atoms with E-state index in [0.717, 1.165) is 0 Å². The van der Waals surface area contributed by atoms with Crippen LogP contribution in [0.15, 0.2) is 16.9 Å². The maximum absolute atomic E-state index is 11.7. The van der Waals surface area contributed by atoms with Crippen LogP contribution in [0, 0.1) is 6.92 Å². The number of aromatic nitrogens is 2. The Morgan fingerprint density at radius 3 is 2.53 bits per heavy atom.